The lowest BCUT2D eigenvalue weighted by Gasteiger charge is -2.40. The van der Waals surface area contributed by atoms with Gasteiger partial charge < -0.3 is 10.2 Å². The lowest BCUT2D eigenvalue weighted by molar-refractivity contribution is 0.0897. The first-order valence-corrected chi connectivity index (χ1v) is 10.7. The third-order valence-corrected chi connectivity index (χ3v) is 6.25. The van der Waals surface area contributed by atoms with E-state index in [2.05, 4.69) is 89.5 Å². The van der Waals surface area contributed by atoms with Crippen LogP contribution in [0.25, 0.3) is 10.9 Å². The smallest absolute Gasteiger partial charge is 0.0754 e. The van der Waals surface area contributed by atoms with Gasteiger partial charge in [-0.2, -0.15) is 0 Å². The number of rotatable bonds is 6. The van der Waals surface area contributed by atoms with E-state index in [1.54, 1.807) is 0 Å². The highest BCUT2D eigenvalue weighted by Crippen LogP contribution is 2.27. The summed E-state index contributed by atoms with van der Waals surface area (Å²) in [5, 5.41) is 4.88. The Morgan fingerprint density at radius 2 is 1.86 bits per heavy atom. The van der Waals surface area contributed by atoms with Crippen LogP contribution in [0.3, 0.4) is 0 Å². The summed E-state index contributed by atoms with van der Waals surface area (Å²) in [6, 6.07) is 17.9. The second kappa shape index (κ2) is 8.93. The van der Waals surface area contributed by atoms with E-state index in [1.807, 2.05) is 6.20 Å². The largest absolute Gasteiger partial charge is 0.384 e. The number of nitrogens with zero attached hydrogens (tertiary/aromatic N) is 3. The molecule has 1 aliphatic rings. The molecule has 4 rings (SSSR count). The predicted octanol–water partition coefficient (Wildman–Crippen LogP) is 4.64. The van der Waals surface area contributed by atoms with Crippen molar-refractivity contribution in [2.24, 2.45) is 0 Å². The van der Waals surface area contributed by atoms with E-state index in [4.69, 9.17) is 0 Å². The molecule has 1 N–H and O–H groups in total. The Morgan fingerprint density at radius 3 is 2.69 bits per heavy atom. The minimum atomic E-state index is 0.488. The maximum Gasteiger partial charge on any atom is 0.0754 e. The van der Waals surface area contributed by atoms with Gasteiger partial charge in [0.15, 0.2) is 0 Å². The van der Waals surface area contributed by atoms with Gasteiger partial charge in [-0.15, -0.1) is 0 Å². The average Bonchev–Trinajstić information content (AvgIpc) is 2.75. The Bertz CT molecular complexity index is 954. The van der Waals surface area contributed by atoms with Crippen LogP contribution in [0.2, 0.25) is 0 Å². The van der Waals surface area contributed by atoms with E-state index >= 15 is 0 Å². The highest BCUT2D eigenvalue weighted by atomic mass is 15.3. The fourth-order valence-electron chi connectivity index (χ4n) is 4.34. The number of pyridine rings is 1. The van der Waals surface area contributed by atoms with Crippen molar-refractivity contribution < 1.29 is 0 Å². The molecular formula is C25H32N4. The summed E-state index contributed by atoms with van der Waals surface area (Å²) in [7, 11) is 2.23. The molecule has 1 fully saturated rings. The van der Waals surface area contributed by atoms with E-state index in [0.29, 0.717) is 6.04 Å². The second-order valence-corrected chi connectivity index (χ2v) is 8.27. The predicted molar refractivity (Wildman–Crippen MR) is 123 cm³/mol. The van der Waals surface area contributed by atoms with Crippen molar-refractivity contribution in [3.63, 3.8) is 0 Å². The first kappa shape index (κ1) is 19.9. The second-order valence-electron chi connectivity index (χ2n) is 8.27. The van der Waals surface area contributed by atoms with Crippen LogP contribution >= 0.6 is 0 Å². The molecule has 1 unspecified atom stereocenters. The van der Waals surface area contributed by atoms with Gasteiger partial charge in [0.05, 0.1) is 5.52 Å². The molecule has 3 aromatic rings. The molecule has 4 heteroatoms. The van der Waals surface area contributed by atoms with Gasteiger partial charge in [-0.3, -0.25) is 9.88 Å². The van der Waals surface area contributed by atoms with Crippen molar-refractivity contribution >= 4 is 16.6 Å². The molecule has 0 amide bonds. The van der Waals surface area contributed by atoms with Crippen molar-refractivity contribution in [1.29, 1.82) is 0 Å². The molecule has 0 bridgehead atoms. The Labute approximate surface area is 174 Å². The van der Waals surface area contributed by atoms with E-state index in [-0.39, 0.29) is 0 Å². The van der Waals surface area contributed by atoms with E-state index in [0.717, 1.165) is 44.7 Å². The number of fused-ring (bicyclic) bond motifs is 1. The van der Waals surface area contributed by atoms with E-state index < -0.39 is 0 Å². The number of nitrogens with one attached hydrogen (secondary N) is 1. The summed E-state index contributed by atoms with van der Waals surface area (Å²) >= 11 is 0. The standard InChI is InChI=1S/C25H32N4/c1-19-10-11-22-23(12-14-27-25(22)20(19)2)26-13-7-15-29-17-16-28(3)18-24(29)21-8-5-4-6-9-21/h4-6,8-12,14,24H,7,13,15-18H2,1-3H3,(H,26,27). The maximum atomic E-state index is 4.60. The molecule has 2 heterocycles. The molecular weight excluding hydrogens is 356 g/mol. The lowest BCUT2D eigenvalue weighted by Crippen LogP contribution is -2.47. The van der Waals surface area contributed by atoms with Gasteiger partial charge in [-0.05, 0) is 50.1 Å². The normalized spacial score (nSPS) is 18.2. The molecule has 0 saturated carbocycles. The number of likely N-dealkylation sites (N-methyl/N-ethyl adjacent to an activating group) is 1. The molecule has 152 valence electrons. The number of benzene rings is 2. The van der Waals surface area contributed by atoms with Gasteiger partial charge in [-0.1, -0.05) is 42.5 Å². The van der Waals surface area contributed by atoms with Crippen LogP contribution in [-0.4, -0.2) is 54.6 Å². The van der Waals surface area contributed by atoms with E-state index in [1.165, 1.54) is 27.8 Å². The Hall–Kier alpha value is -2.43. The zero-order valence-electron chi connectivity index (χ0n) is 17.9. The summed E-state index contributed by atoms with van der Waals surface area (Å²) in [4.78, 5) is 9.69. The number of aryl methyl sites for hydroxylation is 2. The van der Waals surface area contributed by atoms with Crippen LogP contribution in [-0.2, 0) is 0 Å². The van der Waals surface area contributed by atoms with Gasteiger partial charge >= 0.3 is 0 Å². The first-order valence-electron chi connectivity index (χ1n) is 10.7. The van der Waals surface area contributed by atoms with Crippen molar-refractivity contribution in [1.82, 2.24) is 14.8 Å². The minimum Gasteiger partial charge on any atom is -0.384 e. The fraction of sp³-hybridized carbons (Fsp3) is 0.400. The summed E-state index contributed by atoms with van der Waals surface area (Å²) < 4.78 is 0. The van der Waals surface area contributed by atoms with Crippen molar-refractivity contribution in [3.05, 3.63) is 71.4 Å². The van der Waals surface area contributed by atoms with Crippen molar-refractivity contribution in [3.8, 4) is 0 Å². The number of piperazine rings is 1. The Morgan fingerprint density at radius 1 is 1.03 bits per heavy atom. The van der Waals surface area contributed by atoms with Gasteiger partial charge in [0.2, 0.25) is 0 Å². The highest BCUT2D eigenvalue weighted by molar-refractivity contribution is 5.93. The van der Waals surface area contributed by atoms with Gasteiger partial charge in [-0.25, -0.2) is 0 Å². The van der Waals surface area contributed by atoms with Gasteiger partial charge in [0.25, 0.3) is 0 Å². The molecule has 2 aromatic carbocycles. The number of aromatic nitrogens is 1. The maximum absolute atomic E-state index is 4.60. The van der Waals surface area contributed by atoms with Gasteiger partial charge in [0, 0.05) is 56.0 Å². The van der Waals surface area contributed by atoms with Crippen LogP contribution in [0, 0.1) is 13.8 Å². The molecule has 0 spiro atoms. The molecule has 0 aliphatic carbocycles. The minimum absolute atomic E-state index is 0.488. The highest BCUT2D eigenvalue weighted by Gasteiger charge is 2.25. The summed E-state index contributed by atoms with van der Waals surface area (Å²) in [5.74, 6) is 0. The fourth-order valence-corrected chi connectivity index (χ4v) is 4.34. The van der Waals surface area contributed by atoms with Crippen molar-refractivity contribution in [2.45, 2.75) is 26.3 Å². The van der Waals surface area contributed by atoms with Crippen LogP contribution in [0.4, 0.5) is 5.69 Å². The SMILES string of the molecule is Cc1ccc2c(NCCCN3CCN(C)CC3c3ccccc3)ccnc2c1C. The third-order valence-electron chi connectivity index (χ3n) is 6.25. The molecule has 29 heavy (non-hydrogen) atoms. The molecule has 1 aliphatic heterocycles. The molecule has 4 nitrogen and oxygen atoms in total. The van der Waals surface area contributed by atoms with Crippen LogP contribution in [0.5, 0.6) is 0 Å². The summed E-state index contributed by atoms with van der Waals surface area (Å²) in [5.41, 5.74) is 6.30. The average molecular weight is 389 g/mol. The quantitative estimate of drug-likeness (QED) is 0.623. The molecule has 0 radical (unpaired) electrons. The number of anilines is 1. The Kier molecular flexibility index (Phi) is 6.12. The van der Waals surface area contributed by atoms with Gasteiger partial charge in [0.1, 0.15) is 0 Å². The lowest BCUT2D eigenvalue weighted by atomic mass is 10.0. The topological polar surface area (TPSA) is 31.4 Å². The monoisotopic (exact) mass is 388 g/mol. The number of hydrogen-bond acceptors (Lipinski definition) is 4. The molecule has 1 saturated heterocycles. The summed E-state index contributed by atoms with van der Waals surface area (Å²) in [6.07, 6.45) is 3.05. The molecule has 1 aromatic heterocycles. The zero-order chi connectivity index (χ0) is 20.2. The van der Waals surface area contributed by atoms with Crippen LogP contribution in [0.1, 0.15) is 29.2 Å². The van der Waals surface area contributed by atoms with Crippen LogP contribution < -0.4 is 5.32 Å². The Balaban J connectivity index is 1.39. The summed E-state index contributed by atoms with van der Waals surface area (Å²) in [6.45, 7) is 9.77. The van der Waals surface area contributed by atoms with Crippen LogP contribution in [0.15, 0.2) is 54.7 Å². The zero-order valence-corrected chi connectivity index (χ0v) is 17.9. The van der Waals surface area contributed by atoms with E-state index in [9.17, 15) is 0 Å². The number of hydrogen-bond donors (Lipinski definition) is 1. The van der Waals surface area contributed by atoms with Crippen molar-refractivity contribution in [2.75, 3.05) is 45.1 Å². The molecule has 1 atom stereocenters. The first-order chi connectivity index (χ1) is 14.1. The third kappa shape index (κ3) is 4.44.